The lowest BCUT2D eigenvalue weighted by molar-refractivity contribution is 0.225. The molecule has 0 saturated carbocycles. The predicted octanol–water partition coefficient (Wildman–Crippen LogP) is 11.8. The van der Waals surface area contributed by atoms with Crippen LogP contribution in [0.3, 0.4) is 0 Å². The van der Waals surface area contributed by atoms with Gasteiger partial charge in [-0.25, -0.2) is 8.78 Å². The number of fused-ring (bicyclic) bond motifs is 1. The largest absolute Gasteiger partial charge is 0.385 e. The van der Waals surface area contributed by atoms with Gasteiger partial charge in [0.25, 0.3) is 0 Å². The molecule has 3 rings (SSSR count). The Hall–Kier alpha value is -2.80. The van der Waals surface area contributed by atoms with Crippen molar-refractivity contribution < 1.29 is 8.78 Å². The monoisotopic (exact) mass is 729 g/mol. The summed E-state index contributed by atoms with van der Waals surface area (Å²) >= 11 is 1.06. The van der Waals surface area contributed by atoms with Crippen LogP contribution < -0.4 is 21.1 Å². The van der Waals surface area contributed by atoms with Gasteiger partial charge in [0.2, 0.25) is 0 Å². The van der Waals surface area contributed by atoms with Crippen molar-refractivity contribution in [3.63, 3.8) is 0 Å². The molecule has 0 aliphatic carbocycles. The lowest BCUT2D eigenvalue weighted by Crippen LogP contribution is -2.39. The summed E-state index contributed by atoms with van der Waals surface area (Å²) in [6.07, 6.45) is 12.1. The number of nitrogens with one attached hydrogen (secondary N) is 3. The second-order valence-electron chi connectivity index (χ2n) is 13.6. The van der Waals surface area contributed by atoms with Crippen molar-refractivity contribution in [3.8, 4) is 0 Å². The van der Waals surface area contributed by atoms with Crippen LogP contribution in [0.1, 0.15) is 134 Å². The van der Waals surface area contributed by atoms with E-state index in [1.165, 1.54) is 51.0 Å². The molecule has 290 valence electrons. The molecule has 3 unspecified atom stereocenters. The minimum atomic E-state index is -0.400. The maximum absolute atomic E-state index is 16.1. The second-order valence-corrected chi connectivity index (χ2v) is 14.7. The zero-order chi connectivity index (χ0) is 39.3. The fourth-order valence-electron chi connectivity index (χ4n) is 6.88. The zero-order valence-electron chi connectivity index (χ0n) is 34.7. The van der Waals surface area contributed by atoms with E-state index in [9.17, 15) is 4.39 Å². The van der Waals surface area contributed by atoms with Crippen molar-refractivity contribution in [2.45, 2.75) is 145 Å². The topological polar surface area (TPSA) is 51.2 Å². The highest BCUT2D eigenvalue weighted by atomic mass is 32.2. The number of nitrogens with zero attached hydrogens (tertiary/aromatic N) is 1. The molecular weight excluding hydrogens is 655 g/mol. The fourth-order valence-corrected chi connectivity index (χ4v) is 7.87. The number of benzene rings is 2. The standard InChI is InChI=1S/C27H36F2N4S.C13H28.C2H6.C2H4/c1-8-10-21(15(3)4)33(9-2)16(5)17-11-12-19(23(29)24(17)31-6)18-13-14-20(28)26-22(18)25(32-7)27(30)34-26;1-5-7-8-9-10-13(4)11-12(3)6-2;2*1-2/h11-15,21,30-32H,8-10H2,1-7H3;12-13H,5-11H2,1-4H3;1-2H3;1-2H2/b17-16+,19-18+,30-27?;;;. The SMILES string of the molecule is C=C.CC.CCCC(C(C)C)N(CC)/C(C)=c1\cc/c(=c2/ccc(F)c3c2=C(NC)C(=N)S3)c(F)c1NC.CCCCCCC(C)CC(C)CC. The van der Waals surface area contributed by atoms with E-state index < -0.39 is 5.82 Å². The van der Waals surface area contributed by atoms with Gasteiger partial charge in [0.15, 0.2) is 5.82 Å². The van der Waals surface area contributed by atoms with Gasteiger partial charge in [0.05, 0.1) is 16.3 Å². The maximum Gasteiger partial charge on any atom is 0.154 e. The number of halogens is 2. The van der Waals surface area contributed by atoms with Crippen LogP contribution in [0, 0.1) is 45.2 Å². The summed E-state index contributed by atoms with van der Waals surface area (Å²) in [5.41, 5.74) is 1.98. The normalized spacial score (nSPS) is 14.8. The highest BCUT2D eigenvalue weighted by molar-refractivity contribution is 8.15. The summed E-state index contributed by atoms with van der Waals surface area (Å²) in [6.45, 7) is 31.1. The van der Waals surface area contributed by atoms with Gasteiger partial charge < -0.3 is 15.5 Å². The van der Waals surface area contributed by atoms with Gasteiger partial charge in [0, 0.05) is 48.0 Å². The van der Waals surface area contributed by atoms with E-state index in [0.29, 0.717) is 43.9 Å². The van der Waals surface area contributed by atoms with Gasteiger partial charge in [-0.1, -0.05) is 137 Å². The summed E-state index contributed by atoms with van der Waals surface area (Å²) in [4.78, 5) is 2.74. The first-order valence-corrected chi connectivity index (χ1v) is 20.5. The van der Waals surface area contributed by atoms with Crippen LogP contribution in [0.4, 0.5) is 14.5 Å². The third-order valence-electron chi connectivity index (χ3n) is 9.69. The molecular formula is C44H74F2N4S. The van der Waals surface area contributed by atoms with Crippen molar-refractivity contribution in [1.82, 2.24) is 10.2 Å². The first-order chi connectivity index (χ1) is 24.4. The molecule has 0 bridgehead atoms. The lowest BCUT2D eigenvalue weighted by atomic mass is 9.91. The number of hydrogen-bond acceptors (Lipinski definition) is 5. The van der Waals surface area contributed by atoms with Crippen molar-refractivity contribution in [2.24, 2.45) is 17.8 Å². The van der Waals surface area contributed by atoms with Gasteiger partial charge in [0.1, 0.15) is 10.9 Å². The Morgan fingerprint density at radius 1 is 0.843 bits per heavy atom. The van der Waals surface area contributed by atoms with Crippen LogP contribution in [0.25, 0.3) is 11.4 Å². The summed E-state index contributed by atoms with van der Waals surface area (Å²) in [5, 5.41) is 16.9. The molecule has 7 heteroatoms. The van der Waals surface area contributed by atoms with Gasteiger partial charge in [-0.3, -0.25) is 5.41 Å². The lowest BCUT2D eigenvalue weighted by Gasteiger charge is -2.36. The molecule has 3 atom stereocenters. The summed E-state index contributed by atoms with van der Waals surface area (Å²) in [6, 6.07) is 7.06. The molecule has 0 amide bonds. The van der Waals surface area contributed by atoms with Crippen molar-refractivity contribution in [3.05, 3.63) is 69.9 Å². The van der Waals surface area contributed by atoms with E-state index >= 15 is 4.39 Å². The van der Waals surface area contributed by atoms with Crippen molar-refractivity contribution >= 4 is 33.9 Å². The Labute approximate surface area is 315 Å². The van der Waals surface area contributed by atoms with E-state index in [1.807, 2.05) is 19.9 Å². The Morgan fingerprint density at radius 3 is 1.98 bits per heavy atom. The molecule has 0 saturated heterocycles. The first kappa shape index (κ1) is 48.2. The van der Waals surface area contributed by atoms with E-state index in [2.05, 4.69) is 91.0 Å². The quantitative estimate of drug-likeness (QED) is 0.119. The summed E-state index contributed by atoms with van der Waals surface area (Å²) in [7, 11) is 3.43. The van der Waals surface area contributed by atoms with Gasteiger partial charge >= 0.3 is 0 Å². The van der Waals surface area contributed by atoms with E-state index in [0.717, 1.165) is 53.9 Å². The molecule has 2 aromatic rings. The number of anilines is 1. The number of rotatable bonds is 16. The molecule has 0 spiro atoms. The van der Waals surface area contributed by atoms with Crippen molar-refractivity contribution in [1.29, 1.82) is 5.41 Å². The average molecular weight is 729 g/mol. The number of thioether (sulfide) groups is 1. The Morgan fingerprint density at radius 2 is 1.47 bits per heavy atom. The van der Waals surface area contributed by atoms with E-state index in [1.54, 1.807) is 26.2 Å². The molecule has 1 aliphatic heterocycles. The van der Waals surface area contributed by atoms with E-state index in [-0.39, 0.29) is 10.9 Å². The van der Waals surface area contributed by atoms with Crippen LogP contribution in [0.5, 0.6) is 0 Å². The van der Waals surface area contributed by atoms with Gasteiger partial charge in [-0.2, -0.15) is 0 Å². The molecule has 3 N–H and O–H groups in total. The minimum absolute atomic E-state index is 0.230. The Kier molecular flexibility index (Phi) is 24.6. The predicted molar refractivity (Wildman–Crippen MR) is 225 cm³/mol. The highest BCUT2D eigenvalue weighted by Crippen LogP contribution is 2.28. The third-order valence-corrected chi connectivity index (χ3v) is 10.7. The summed E-state index contributed by atoms with van der Waals surface area (Å²) in [5.74, 6) is 1.58. The van der Waals surface area contributed by atoms with Gasteiger partial charge in [-0.15, -0.1) is 13.2 Å². The average Bonchev–Trinajstić information content (AvgIpc) is 3.48. The van der Waals surface area contributed by atoms with Crippen LogP contribution in [-0.4, -0.2) is 36.6 Å². The van der Waals surface area contributed by atoms with Crippen molar-refractivity contribution in [2.75, 3.05) is 26.0 Å². The molecule has 1 heterocycles. The zero-order valence-corrected chi connectivity index (χ0v) is 35.5. The second kappa shape index (κ2) is 26.0. The van der Waals surface area contributed by atoms with Crippen LogP contribution in [-0.2, 0) is 0 Å². The highest BCUT2D eigenvalue weighted by Gasteiger charge is 2.24. The van der Waals surface area contributed by atoms with Crippen LogP contribution in [0.2, 0.25) is 0 Å². The number of unbranched alkanes of at least 4 members (excludes halogenated alkanes) is 3. The molecule has 2 aromatic carbocycles. The van der Waals surface area contributed by atoms with E-state index in [4.69, 9.17) is 5.41 Å². The van der Waals surface area contributed by atoms with Crippen LogP contribution in [0.15, 0.2) is 42.3 Å². The fraction of sp³-hybridized carbons (Fsp3) is 0.614. The molecule has 4 nitrogen and oxygen atoms in total. The Bertz CT molecular complexity index is 1540. The van der Waals surface area contributed by atoms with Crippen LogP contribution >= 0.6 is 11.8 Å². The molecule has 0 fully saturated rings. The minimum Gasteiger partial charge on any atom is -0.385 e. The summed E-state index contributed by atoms with van der Waals surface area (Å²) < 4.78 is 30.6. The molecule has 0 radical (unpaired) electrons. The smallest absolute Gasteiger partial charge is 0.154 e. The molecule has 1 aliphatic rings. The maximum atomic E-state index is 16.1. The number of hydrogen-bond donors (Lipinski definition) is 3. The first-order valence-electron chi connectivity index (χ1n) is 19.7. The Balaban J connectivity index is 0.00000124. The van der Waals surface area contributed by atoms with Gasteiger partial charge in [-0.05, 0) is 55.7 Å². The third kappa shape index (κ3) is 13.6. The molecule has 0 aromatic heterocycles. The molecule has 51 heavy (non-hydrogen) atoms.